The van der Waals surface area contributed by atoms with Crippen molar-refractivity contribution in [2.75, 3.05) is 13.1 Å². The van der Waals surface area contributed by atoms with Crippen molar-refractivity contribution in [2.24, 2.45) is 0 Å². The second-order valence-electron chi connectivity index (χ2n) is 8.05. The number of hydrogen-bond donors (Lipinski definition) is 1. The van der Waals surface area contributed by atoms with Crippen molar-refractivity contribution >= 4 is 11.8 Å². The minimum Gasteiger partial charge on any atom is -0.351 e. The maximum Gasteiger partial charge on any atom is 0.290 e. The van der Waals surface area contributed by atoms with Gasteiger partial charge in [-0.15, -0.1) is 0 Å². The Morgan fingerprint density at radius 3 is 2.72 bits per heavy atom. The van der Waals surface area contributed by atoms with Crippen LogP contribution in [-0.2, 0) is 25.9 Å². The summed E-state index contributed by atoms with van der Waals surface area (Å²) in [5.74, 6) is 0.222. The summed E-state index contributed by atoms with van der Waals surface area (Å²) in [6, 6.07) is 8.29. The largest absolute Gasteiger partial charge is 0.351 e. The molecule has 0 unspecified atom stereocenters. The number of aromatic nitrogens is 2. The predicted molar refractivity (Wildman–Crippen MR) is 112 cm³/mol. The number of carbonyl (C=O) groups excluding carboxylic acids is 2. The minimum atomic E-state index is -0.144. The van der Waals surface area contributed by atoms with Crippen LogP contribution in [0.5, 0.6) is 0 Å². The van der Waals surface area contributed by atoms with Gasteiger partial charge in [0.15, 0.2) is 5.82 Å². The number of imidazole rings is 1. The van der Waals surface area contributed by atoms with E-state index < -0.39 is 0 Å². The fourth-order valence-corrected chi connectivity index (χ4v) is 4.36. The first-order valence-corrected chi connectivity index (χ1v) is 10.9. The normalized spacial score (nSPS) is 15.6. The molecule has 29 heavy (non-hydrogen) atoms. The number of nitrogens with one attached hydrogen (secondary N) is 1. The van der Waals surface area contributed by atoms with Crippen LogP contribution in [0.15, 0.2) is 24.3 Å². The van der Waals surface area contributed by atoms with Gasteiger partial charge in [-0.2, -0.15) is 0 Å². The highest BCUT2D eigenvalue weighted by molar-refractivity contribution is 5.97. The number of nitrogens with zero attached hydrogens (tertiary/aromatic N) is 3. The van der Waals surface area contributed by atoms with Gasteiger partial charge >= 0.3 is 0 Å². The van der Waals surface area contributed by atoms with Crippen LogP contribution in [0.25, 0.3) is 0 Å². The molecule has 0 saturated carbocycles. The lowest BCUT2D eigenvalue weighted by molar-refractivity contribution is 0.0716. The molecule has 1 N–H and O–H groups in total. The molecule has 1 aromatic heterocycles. The maximum atomic E-state index is 13.3. The van der Waals surface area contributed by atoms with Gasteiger partial charge in [0.2, 0.25) is 0 Å². The first kappa shape index (κ1) is 19.7. The molecule has 0 spiro atoms. The molecule has 0 bridgehead atoms. The second kappa shape index (κ2) is 8.80. The zero-order valence-corrected chi connectivity index (χ0v) is 17.2. The van der Waals surface area contributed by atoms with Crippen LogP contribution in [0.2, 0.25) is 0 Å². The summed E-state index contributed by atoms with van der Waals surface area (Å²) in [5, 5.41) is 2.99. The fourth-order valence-electron chi connectivity index (χ4n) is 4.36. The molecule has 154 valence electrons. The van der Waals surface area contributed by atoms with E-state index >= 15 is 0 Å². The molecule has 4 rings (SSSR count). The Morgan fingerprint density at radius 2 is 1.90 bits per heavy atom. The van der Waals surface area contributed by atoms with Gasteiger partial charge in [-0.1, -0.05) is 44.0 Å². The van der Waals surface area contributed by atoms with Crippen LogP contribution >= 0.6 is 0 Å². The summed E-state index contributed by atoms with van der Waals surface area (Å²) >= 11 is 0. The van der Waals surface area contributed by atoms with E-state index in [4.69, 9.17) is 0 Å². The molecule has 6 nitrogen and oxygen atoms in total. The molecule has 1 aromatic carbocycles. The third-order valence-corrected chi connectivity index (χ3v) is 6.01. The van der Waals surface area contributed by atoms with Gasteiger partial charge in [0.05, 0.1) is 5.69 Å². The highest BCUT2D eigenvalue weighted by Crippen LogP contribution is 2.24. The number of amides is 2. The van der Waals surface area contributed by atoms with Crippen LogP contribution in [-0.4, -0.2) is 39.4 Å². The zero-order valence-electron chi connectivity index (χ0n) is 17.2. The van der Waals surface area contributed by atoms with E-state index in [2.05, 4.69) is 29.4 Å². The monoisotopic (exact) mass is 394 g/mol. The van der Waals surface area contributed by atoms with E-state index in [-0.39, 0.29) is 11.8 Å². The lowest BCUT2D eigenvalue weighted by Crippen LogP contribution is -2.37. The van der Waals surface area contributed by atoms with E-state index in [9.17, 15) is 9.59 Å². The van der Waals surface area contributed by atoms with Gasteiger partial charge in [-0.25, -0.2) is 4.98 Å². The molecule has 2 amide bonds. The van der Waals surface area contributed by atoms with Crippen molar-refractivity contribution in [1.82, 2.24) is 19.8 Å². The van der Waals surface area contributed by atoms with Crippen LogP contribution in [0, 0.1) is 0 Å². The standard InChI is InChI=1S/C23H30N4O2/c1-2-3-7-13-24-22(28)20-19-11-6-8-14-27(19)21(25-20)23(29)26-15-12-17-9-4-5-10-18(17)16-26/h4-5,9-10H,2-3,6-8,11-16H2,1H3,(H,24,28). The van der Waals surface area contributed by atoms with Crippen LogP contribution < -0.4 is 5.32 Å². The summed E-state index contributed by atoms with van der Waals surface area (Å²) < 4.78 is 1.99. The molecule has 3 heterocycles. The third-order valence-electron chi connectivity index (χ3n) is 6.01. The van der Waals surface area contributed by atoms with Crippen molar-refractivity contribution < 1.29 is 9.59 Å². The van der Waals surface area contributed by atoms with Crippen molar-refractivity contribution in [2.45, 2.75) is 65.0 Å². The van der Waals surface area contributed by atoms with E-state index in [0.717, 1.165) is 57.2 Å². The second-order valence-corrected chi connectivity index (χ2v) is 8.05. The Morgan fingerprint density at radius 1 is 1.07 bits per heavy atom. The Hall–Kier alpha value is -2.63. The first-order chi connectivity index (χ1) is 14.2. The topological polar surface area (TPSA) is 67.2 Å². The number of carbonyl (C=O) groups is 2. The molecule has 2 aromatic rings. The molecule has 6 heteroatoms. The lowest BCUT2D eigenvalue weighted by atomic mass is 10.00. The molecular weight excluding hydrogens is 364 g/mol. The summed E-state index contributed by atoms with van der Waals surface area (Å²) in [6.45, 7) is 4.86. The Kier molecular flexibility index (Phi) is 5.97. The predicted octanol–water partition coefficient (Wildman–Crippen LogP) is 3.34. The minimum absolute atomic E-state index is 0.0623. The van der Waals surface area contributed by atoms with E-state index in [1.807, 2.05) is 21.6 Å². The molecule has 0 atom stereocenters. The molecule has 0 aliphatic carbocycles. The zero-order chi connectivity index (χ0) is 20.2. The van der Waals surface area contributed by atoms with E-state index in [0.29, 0.717) is 31.2 Å². The third kappa shape index (κ3) is 4.07. The van der Waals surface area contributed by atoms with Crippen molar-refractivity contribution in [1.29, 1.82) is 0 Å². The smallest absolute Gasteiger partial charge is 0.290 e. The van der Waals surface area contributed by atoms with Crippen LogP contribution in [0.3, 0.4) is 0 Å². The van der Waals surface area contributed by atoms with Crippen LogP contribution in [0.1, 0.15) is 77.0 Å². The molecule has 0 radical (unpaired) electrons. The van der Waals surface area contributed by atoms with Gasteiger partial charge in [0.25, 0.3) is 11.8 Å². The molecular formula is C23H30N4O2. The summed E-state index contributed by atoms with van der Waals surface area (Å²) in [6.07, 6.45) is 6.91. The first-order valence-electron chi connectivity index (χ1n) is 10.9. The highest BCUT2D eigenvalue weighted by Gasteiger charge is 2.31. The molecule has 2 aliphatic heterocycles. The summed E-state index contributed by atoms with van der Waals surface area (Å²) in [7, 11) is 0. The number of unbranched alkanes of at least 4 members (excludes halogenated alkanes) is 2. The number of rotatable bonds is 6. The lowest BCUT2D eigenvalue weighted by Gasteiger charge is -2.29. The molecule has 0 saturated heterocycles. The Balaban J connectivity index is 1.55. The average molecular weight is 395 g/mol. The molecule has 2 aliphatic rings. The molecule has 0 fully saturated rings. The summed E-state index contributed by atoms with van der Waals surface area (Å²) in [4.78, 5) is 32.5. The van der Waals surface area contributed by atoms with Crippen molar-refractivity contribution in [3.05, 3.63) is 52.6 Å². The number of fused-ring (bicyclic) bond motifs is 2. The van der Waals surface area contributed by atoms with Gasteiger partial charge in [-0.3, -0.25) is 9.59 Å². The Labute approximate surface area is 172 Å². The van der Waals surface area contributed by atoms with E-state index in [1.54, 1.807) is 0 Å². The van der Waals surface area contributed by atoms with Crippen LogP contribution in [0.4, 0.5) is 0 Å². The van der Waals surface area contributed by atoms with Gasteiger partial charge in [0.1, 0.15) is 5.69 Å². The fraction of sp³-hybridized carbons (Fsp3) is 0.522. The number of hydrogen-bond acceptors (Lipinski definition) is 3. The highest BCUT2D eigenvalue weighted by atomic mass is 16.2. The SMILES string of the molecule is CCCCCNC(=O)c1nc(C(=O)N2CCc3ccccc3C2)n2c1CCCC2. The Bertz CT molecular complexity index is 902. The van der Waals surface area contributed by atoms with Gasteiger partial charge < -0.3 is 14.8 Å². The number of benzene rings is 1. The van der Waals surface area contributed by atoms with E-state index in [1.165, 1.54) is 11.1 Å². The maximum absolute atomic E-state index is 13.3. The van der Waals surface area contributed by atoms with Gasteiger partial charge in [0, 0.05) is 26.2 Å². The van der Waals surface area contributed by atoms with Gasteiger partial charge in [-0.05, 0) is 43.2 Å². The quantitative estimate of drug-likeness (QED) is 0.764. The van der Waals surface area contributed by atoms with Crippen molar-refractivity contribution in [3.8, 4) is 0 Å². The van der Waals surface area contributed by atoms with Crippen molar-refractivity contribution in [3.63, 3.8) is 0 Å². The summed E-state index contributed by atoms with van der Waals surface area (Å²) in [5.41, 5.74) is 3.88. The average Bonchev–Trinajstić information content (AvgIpc) is 3.15.